The number of fused-ring (bicyclic) bond motifs is 2. The first kappa shape index (κ1) is 16.4. The summed E-state index contributed by atoms with van der Waals surface area (Å²) in [7, 11) is 1.59. The highest BCUT2D eigenvalue weighted by atomic mass is 16.5. The number of methoxy groups -OCH3 is 1. The van der Waals surface area contributed by atoms with Gasteiger partial charge in [0.25, 0.3) is 5.91 Å². The van der Waals surface area contributed by atoms with Crippen molar-refractivity contribution in [1.29, 1.82) is 0 Å². The second-order valence-corrected chi connectivity index (χ2v) is 6.46. The van der Waals surface area contributed by atoms with Crippen molar-refractivity contribution in [2.75, 3.05) is 26.9 Å². The first-order chi connectivity index (χ1) is 12.2. The Kier molecular flexibility index (Phi) is 4.39. The summed E-state index contributed by atoms with van der Waals surface area (Å²) < 4.78 is 22.9. The lowest BCUT2D eigenvalue weighted by Crippen LogP contribution is -2.53. The molecule has 0 spiro atoms. The molecule has 2 aromatic rings. The Bertz CT molecular complexity index is 770. The fourth-order valence-electron chi connectivity index (χ4n) is 4.00. The van der Waals surface area contributed by atoms with Gasteiger partial charge in [-0.2, -0.15) is 0 Å². The summed E-state index contributed by atoms with van der Waals surface area (Å²) in [5.74, 6) is 0.891. The molecule has 0 bridgehead atoms. The van der Waals surface area contributed by atoms with Crippen molar-refractivity contribution in [3.05, 3.63) is 30.0 Å². The Hall–Kier alpha value is -2.05. The largest absolute Gasteiger partial charge is 0.493 e. The highest BCUT2D eigenvalue weighted by Gasteiger charge is 2.45. The van der Waals surface area contributed by atoms with Crippen LogP contribution in [0.3, 0.4) is 0 Å². The number of carbonyl (C=O) groups is 1. The van der Waals surface area contributed by atoms with Crippen molar-refractivity contribution >= 4 is 16.9 Å². The predicted octanol–water partition coefficient (Wildman–Crippen LogP) is 2.85. The molecule has 2 heterocycles. The van der Waals surface area contributed by atoms with Crippen LogP contribution in [0.25, 0.3) is 11.0 Å². The molecule has 1 saturated carbocycles. The third kappa shape index (κ3) is 2.79. The number of hydrogen-bond acceptors (Lipinski definition) is 5. The summed E-state index contributed by atoms with van der Waals surface area (Å²) in [6, 6.07) is 7.47. The molecule has 134 valence electrons. The van der Waals surface area contributed by atoms with E-state index in [0.29, 0.717) is 36.9 Å². The molecule has 0 N–H and O–H groups in total. The standard InChI is InChI=1S/C19H23NO5/c1-3-23-15-8-7-13-18(15)24-10-9-20(13)19(21)16-11-12-5-4-6-14(22-2)17(12)25-16/h4-6,11,13,15,18H,3,7-10H2,1-2H3/t13-,15-,18+/m0/s1. The van der Waals surface area contributed by atoms with E-state index < -0.39 is 0 Å². The fourth-order valence-corrected chi connectivity index (χ4v) is 4.00. The van der Waals surface area contributed by atoms with E-state index in [0.717, 1.165) is 18.2 Å². The minimum absolute atomic E-state index is 0.0448. The van der Waals surface area contributed by atoms with Gasteiger partial charge in [0.15, 0.2) is 17.1 Å². The lowest BCUT2D eigenvalue weighted by molar-refractivity contribution is -0.103. The highest BCUT2D eigenvalue weighted by Crippen LogP contribution is 2.34. The molecule has 1 aromatic carbocycles. The van der Waals surface area contributed by atoms with E-state index in [1.54, 1.807) is 13.2 Å². The number of amides is 1. The van der Waals surface area contributed by atoms with Crippen molar-refractivity contribution < 1.29 is 23.4 Å². The maximum Gasteiger partial charge on any atom is 0.290 e. The van der Waals surface area contributed by atoms with Crippen LogP contribution in [0.1, 0.15) is 30.3 Å². The molecule has 25 heavy (non-hydrogen) atoms. The van der Waals surface area contributed by atoms with Crippen LogP contribution in [-0.4, -0.2) is 55.9 Å². The number of ether oxygens (including phenoxy) is 3. The topological polar surface area (TPSA) is 61.1 Å². The maximum absolute atomic E-state index is 13.1. The predicted molar refractivity (Wildman–Crippen MR) is 92.0 cm³/mol. The summed E-state index contributed by atoms with van der Waals surface area (Å²) in [6.45, 7) is 3.75. The summed E-state index contributed by atoms with van der Waals surface area (Å²) in [4.78, 5) is 15.0. The SMILES string of the molecule is CCO[C@H]1CC[C@H]2[C@H]1OCCN2C(=O)c1cc2cccc(OC)c2o1. The molecule has 1 aliphatic heterocycles. The molecule has 2 aliphatic rings. The van der Waals surface area contributed by atoms with Crippen LogP contribution in [0.4, 0.5) is 0 Å². The van der Waals surface area contributed by atoms with Crippen molar-refractivity contribution in [3.63, 3.8) is 0 Å². The average Bonchev–Trinajstić information content (AvgIpc) is 3.25. The minimum atomic E-state index is -0.0892. The van der Waals surface area contributed by atoms with Gasteiger partial charge in [0.2, 0.25) is 0 Å². The third-order valence-corrected chi connectivity index (χ3v) is 5.12. The molecular weight excluding hydrogens is 322 g/mol. The van der Waals surface area contributed by atoms with E-state index >= 15 is 0 Å². The van der Waals surface area contributed by atoms with Gasteiger partial charge in [-0.3, -0.25) is 4.79 Å². The zero-order valence-electron chi connectivity index (χ0n) is 14.6. The summed E-state index contributed by atoms with van der Waals surface area (Å²) in [5, 5.41) is 0.867. The lowest BCUT2D eigenvalue weighted by Gasteiger charge is -2.38. The van der Waals surface area contributed by atoms with E-state index in [1.807, 2.05) is 30.0 Å². The number of para-hydroxylation sites is 1. The Morgan fingerprint density at radius 1 is 1.36 bits per heavy atom. The number of furan rings is 1. The first-order valence-corrected chi connectivity index (χ1v) is 8.83. The van der Waals surface area contributed by atoms with Crippen LogP contribution >= 0.6 is 0 Å². The van der Waals surface area contributed by atoms with Gasteiger partial charge in [-0.1, -0.05) is 12.1 Å². The number of nitrogens with zero attached hydrogens (tertiary/aromatic N) is 1. The van der Waals surface area contributed by atoms with E-state index in [4.69, 9.17) is 18.6 Å². The van der Waals surface area contributed by atoms with E-state index in [-0.39, 0.29) is 24.2 Å². The molecule has 1 aliphatic carbocycles. The maximum atomic E-state index is 13.1. The Labute approximate surface area is 146 Å². The second kappa shape index (κ2) is 6.69. The number of morpholine rings is 1. The Balaban J connectivity index is 1.60. The van der Waals surface area contributed by atoms with Gasteiger partial charge >= 0.3 is 0 Å². The number of rotatable bonds is 4. The van der Waals surface area contributed by atoms with Crippen molar-refractivity contribution in [3.8, 4) is 5.75 Å². The zero-order valence-corrected chi connectivity index (χ0v) is 14.6. The highest BCUT2D eigenvalue weighted by molar-refractivity contribution is 5.97. The molecular formula is C19H23NO5. The molecule has 1 amide bonds. The molecule has 0 unspecified atom stereocenters. The van der Waals surface area contributed by atoms with Gasteiger partial charge in [-0.25, -0.2) is 0 Å². The fraction of sp³-hybridized carbons (Fsp3) is 0.526. The van der Waals surface area contributed by atoms with E-state index in [2.05, 4.69) is 0 Å². The summed E-state index contributed by atoms with van der Waals surface area (Å²) in [5.41, 5.74) is 0.608. The Morgan fingerprint density at radius 2 is 2.24 bits per heavy atom. The van der Waals surface area contributed by atoms with Gasteiger partial charge < -0.3 is 23.5 Å². The summed E-state index contributed by atoms with van der Waals surface area (Å²) in [6.07, 6.45) is 1.84. The van der Waals surface area contributed by atoms with Gasteiger partial charge in [0.1, 0.15) is 6.10 Å². The third-order valence-electron chi connectivity index (χ3n) is 5.12. The van der Waals surface area contributed by atoms with Crippen LogP contribution < -0.4 is 4.74 Å². The average molecular weight is 345 g/mol. The molecule has 1 aromatic heterocycles. The zero-order chi connectivity index (χ0) is 17.4. The molecule has 4 rings (SSSR count). The minimum Gasteiger partial charge on any atom is -0.493 e. The van der Waals surface area contributed by atoms with Crippen molar-refractivity contribution in [2.45, 2.75) is 38.0 Å². The molecule has 3 atom stereocenters. The lowest BCUT2D eigenvalue weighted by atomic mass is 10.1. The molecule has 1 saturated heterocycles. The number of hydrogen-bond donors (Lipinski definition) is 0. The molecule has 2 fully saturated rings. The Morgan fingerprint density at radius 3 is 3.04 bits per heavy atom. The monoisotopic (exact) mass is 345 g/mol. The molecule has 6 nitrogen and oxygen atoms in total. The van der Waals surface area contributed by atoms with Crippen LogP contribution in [0.2, 0.25) is 0 Å². The van der Waals surface area contributed by atoms with Crippen LogP contribution in [0, 0.1) is 0 Å². The molecule has 6 heteroatoms. The number of benzene rings is 1. The van der Waals surface area contributed by atoms with E-state index in [1.165, 1.54) is 0 Å². The van der Waals surface area contributed by atoms with Crippen LogP contribution in [-0.2, 0) is 9.47 Å². The van der Waals surface area contributed by atoms with Gasteiger partial charge in [-0.15, -0.1) is 0 Å². The van der Waals surface area contributed by atoms with Crippen molar-refractivity contribution in [2.24, 2.45) is 0 Å². The van der Waals surface area contributed by atoms with Gasteiger partial charge in [0.05, 0.1) is 25.9 Å². The number of carbonyl (C=O) groups excluding carboxylic acids is 1. The molecule has 0 radical (unpaired) electrons. The summed E-state index contributed by atoms with van der Waals surface area (Å²) >= 11 is 0. The normalized spacial score (nSPS) is 26.0. The second-order valence-electron chi connectivity index (χ2n) is 6.46. The quantitative estimate of drug-likeness (QED) is 0.853. The van der Waals surface area contributed by atoms with Gasteiger partial charge in [0, 0.05) is 18.5 Å². The van der Waals surface area contributed by atoms with Crippen LogP contribution in [0.15, 0.2) is 28.7 Å². The smallest absolute Gasteiger partial charge is 0.290 e. The van der Waals surface area contributed by atoms with Crippen molar-refractivity contribution in [1.82, 2.24) is 4.90 Å². The van der Waals surface area contributed by atoms with Gasteiger partial charge in [-0.05, 0) is 31.9 Å². The first-order valence-electron chi connectivity index (χ1n) is 8.83. The van der Waals surface area contributed by atoms with Crippen LogP contribution in [0.5, 0.6) is 5.75 Å². The van der Waals surface area contributed by atoms with E-state index in [9.17, 15) is 4.79 Å².